The Labute approximate surface area is 97.6 Å². The van der Waals surface area contributed by atoms with Gasteiger partial charge in [0.1, 0.15) is 5.84 Å². The predicted octanol–water partition coefficient (Wildman–Crippen LogP) is 1.42. The Kier molecular flexibility index (Phi) is 4.27. The Morgan fingerprint density at radius 1 is 1.65 bits per heavy atom. The molecule has 0 unspecified atom stereocenters. The predicted molar refractivity (Wildman–Crippen MR) is 61.4 cm³/mol. The topological polar surface area (TPSA) is 111 Å². The summed E-state index contributed by atoms with van der Waals surface area (Å²) in [4.78, 5) is 10.3. The van der Waals surface area contributed by atoms with Gasteiger partial charge >= 0.3 is 5.69 Å². The second-order valence-electron chi connectivity index (χ2n) is 3.42. The number of nitro benzene ring substituents is 1. The van der Waals surface area contributed by atoms with E-state index in [0.717, 1.165) is 5.56 Å². The number of rotatable bonds is 5. The molecule has 0 radical (unpaired) electrons. The first-order chi connectivity index (χ1) is 8.04. The number of hydrogen-bond acceptors (Lipinski definition) is 5. The standard InChI is InChI=1S/C10H13N3O4/c1-7-2-3-9(8(6-7)13(15)16)17-5-4-10(11)12-14/h2-3,6,14H,4-5H2,1H3,(H2,11,12). The maximum absolute atomic E-state index is 10.8. The van der Waals surface area contributed by atoms with E-state index in [2.05, 4.69) is 5.16 Å². The number of aryl methyl sites for hydroxylation is 1. The lowest BCUT2D eigenvalue weighted by Crippen LogP contribution is -2.15. The van der Waals surface area contributed by atoms with Gasteiger partial charge in [-0.05, 0) is 18.6 Å². The summed E-state index contributed by atoms with van der Waals surface area (Å²) in [6.45, 7) is 1.87. The van der Waals surface area contributed by atoms with Crippen LogP contribution in [0.25, 0.3) is 0 Å². The van der Waals surface area contributed by atoms with Crippen molar-refractivity contribution in [2.24, 2.45) is 10.9 Å². The van der Waals surface area contributed by atoms with Crippen molar-refractivity contribution in [3.8, 4) is 5.75 Å². The second-order valence-corrected chi connectivity index (χ2v) is 3.42. The summed E-state index contributed by atoms with van der Waals surface area (Å²) in [5, 5.41) is 21.8. The molecule has 0 aromatic heterocycles. The third-order valence-corrected chi connectivity index (χ3v) is 2.06. The maximum atomic E-state index is 10.8. The second kappa shape index (κ2) is 5.69. The van der Waals surface area contributed by atoms with Crippen LogP contribution in [0, 0.1) is 17.0 Å². The molecule has 0 bridgehead atoms. The van der Waals surface area contributed by atoms with Crippen LogP contribution in [-0.2, 0) is 0 Å². The molecule has 0 aliphatic heterocycles. The number of benzene rings is 1. The monoisotopic (exact) mass is 239 g/mol. The molecule has 0 aliphatic rings. The lowest BCUT2D eigenvalue weighted by Gasteiger charge is -2.06. The lowest BCUT2D eigenvalue weighted by atomic mass is 10.2. The van der Waals surface area contributed by atoms with Crippen molar-refractivity contribution in [1.82, 2.24) is 0 Å². The van der Waals surface area contributed by atoms with Crippen LogP contribution in [0.2, 0.25) is 0 Å². The van der Waals surface area contributed by atoms with E-state index in [1.165, 1.54) is 12.1 Å². The van der Waals surface area contributed by atoms with Gasteiger partial charge in [0.05, 0.1) is 11.5 Å². The van der Waals surface area contributed by atoms with E-state index in [0.29, 0.717) is 0 Å². The Bertz CT molecular complexity index is 445. The highest BCUT2D eigenvalue weighted by Crippen LogP contribution is 2.27. The van der Waals surface area contributed by atoms with Crippen LogP contribution < -0.4 is 10.5 Å². The Hall–Kier alpha value is -2.31. The van der Waals surface area contributed by atoms with Gasteiger partial charge in [-0.25, -0.2) is 0 Å². The van der Waals surface area contributed by atoms with Crippen LogP contribution in [0.1, 0.15) is 12.0 Å². The summed E-state index contributed by atoms with van der Waals surface area (Å²) in [7, 11) is 0. The van der Waals surface area contributed by atoms with Crippen molar-refractivity contribution in [2.45, 2.75) is 13.3 Å². The van der Waals surface area contributed by atoms with Gasteiger partial charge in [-0.3, -0.25) is 10.1 Å². The highest BCUT2D eigenvalue weighted by molar-refractivity contribution is 5.79. The fourth-order valence-electron chi connectivity index (χ4n) is 1.21. The van der Waals surface area contributed by atoms with E-state index >= 15 is 0 Å². The average Bonchev–Trinajstić information content (AvgIpc) is 2.30. The van der Waals surface area contributed by atoms with Crippen LogP contribution in [0.3, 0.4) is 0 Å². The zero-order valence-corrected chi connectivity index (χ0v) is 9.29. The summed E-state index contributed by atoms with van der Waals surface area (Å²) in [5.74, 6) is 0.186. The van der Waals surface area contributed by atoms with Crippen molar-refractivity contribution in [3.63, 3.8) is 0 Å². The minimum Gasteiger partial charge on any atom is -0.486 e. The molecule has 0 aliphatic carbocycles. The molecule has 0 saturated heterocycles. The fraction of sp³-hybridized carbons (Fsp3) is 0.300. The van der Waals surface area contributed by atoms with Crippen molar-refractivity contribution in [3.05, 3.63) is 33.9 Å². The number of nitrogens with two attached hydrogens (primary N) is 1. The molecule has 0 heterocycles. The Morgan fingerprint density at radius 2 is 2.35 bits per heavy atom. The number of amidine groups is 1. The van der Waals surface area contributed by atoms with Gasteiger partial charge in [0.15, 0.2) is 5.75 Å². The van der Waals surface area contributed by atoms with Crippen molar-refractivity contribution >= 4 is 11.5 Å². The molecule has 0 fully saturated rings. The zero-order chi connectivity index (χ0) is 12.8. The molecular formula is C10H13N3O4. The molecule has 7 heteroatoms. The van der Waals surface area contributed by atoms with E-state index in [4.69, 9.17) is 15.7 Å². The quantitative estimate of drug-likeness (QED) is 0.265. The van der Waals surface area contributed by atoms with Crippen molar-refractivity contribution in [1.29, 1.82) is 0 Å². The first kappa shape index (κ1) is 12.8. The normalized spacial score (nSPS) is 11.2. The summed E-state index contributed by atoms with van der Waals surface area (Å²) in [5.41, 5.74) is 5.93. The molecule has 0 spiro atoms. The molecule has 1 aromatic carbocycles. The summed E-state index contributed by atoms with van der Waals surface area (Å²) in [6.07, 6.45) is 0.196. The van der Waals surface area contributed by atoms with Gasteiger partial charge in [-0.15, -0.1) is 0 Å². The number of nitrogens with zero attached hydrogens (tertiary/aromatic N) is 2. The molecule has 92 valence electrons. The van der Waals surface area contributed by atoms with Gasteiger partial charge in [0, 0.05) is 12.5 Å². The Morgan fingerprint density at radius 3 is 2.94 bits per heavy atom. The first-order valence-corrected chi connectivity index (χ1v) is 4.89. The number of oxime groups is 1. The van der Waals surface area contributed by atoms with Crippen LogP contribution in [0.4, 0.5) is 5.69 Å². The van der Waals surface area contributed by atoms with Gasteiger partial charge in [-0.2, -0.15) is 0 Å². The summed E-state index contributed by atoms with van der Waals surface area (Å²) >= 11 is 0. The van der Waals surface area contributed by atoms with Crippen LogP contribution >= 0.6 is 0 Å². The van der Waals surface area contributed by atoms with E-state index in [9.17, 15) is 10.1 Å². The summed E-state index contributed by atoms with van der Waals surface area (Å²) < 4.78 is 5.21. The highest BCUT2D eigenvalue weighted by atomic mass is 16.6. The third kappa shape index (κ3) is 3.63. The van der Waals surface area contributed by atoms with Crippen LogP contribution in [0.5, 0.6) is 5.75 Å². The molecule has 0 saturated carbocycles. The minimum atomic E-state index is -0.508. The van der Waals surface area contributed by atoms with E-state index < -0.39 is 4.92 Å². The number of ether oxygens (including phenoxy) is 1. The molecule has 1 rings (SSSR count). The molecule has 17 heavy (non-hydrogen) atoms. The van der Waals surface area contributed by atoms with Crippen LogP contribution in [-0.4, -0.2) is 22.6 Å². The van der Waals surface area contributed by atoms with Gasteiger partial charge in [0.2, 0.25) is 0 Å². The minimum absolute atomic E-state index is 0.0137. The van der Waals surface area contributed by atoms with Gasteiger partial charge in [0.25, 0.3) is 0 Å². The largest absolute Gasteiger partial charge is 0.486 e. The van der Waals surface area contributed by atoms with E-state index in [1.54, 1.807) is 13.0 Å². The zero-order valence-electron chi connectivity index (χ0n) is 9.29. The van der Waals surface area contributed by atoms with E-state index in [-0.39, 0.29) is 30.3 Å². The first-order valence-electron chi connectivity index (χ1n) is 4.89. The van der Waals surface area contributed by atoms with Crippen LogP contribution in [0.15, 0.2) is 23.4 Å². The Balaban J connectivity index is 2.74. The fourth-order valence-corrected chi connectivity index (χ4v) is 1.21. The molecule has 0 amide bonds. The molecule has 1 aromatic rings. The smallest absolute Gasteiger partial charge is 0.311 e. The molecule has 7 nitrogen and oxygen atoms in total. The van der Waals surface area contributed by atoms with Crippen molar-refractivity contribution < 1.29 is 14.9 Å². The lowest BCUT2D eigenvalue weighted by molar-refractivity contribution is -0.385. The van der Waals surface area contributed by atoms with E-state index in [1.807, 2.05) is 0 Å². The maximum Gasteiger partial charge on any atom is 0.311 e. The highest BCUT2D eigenvalue weighted by Gasteiger charge is 2.14. The average molecular weight is 239 g/mol. The SMILES string of the molecule is Cc1ccc(OCCC(N)=NO)c([N+](=O)[O-])c1. The molecular weight excluding hydrogens is 226 g/mol. The third-order valence-electron chi connectivity index (χ3n) is 2.06. The van der Waals surface area contributed by atoms with Gasteiger partial charge < -0.3 is 15.7 Å². The number of hydrogen-bond donors (Lipinski definition) is 2. The summed E-state index contributed by atoms with van der Waals surface area (Å²) in [6, 6.07) is 4.67. The van der Waals surface area contributed by atoms with Crippen molar-refractivity contribution in [2.75, 3.05) is 6.61 Å². The van der Waals surface area contributed by atoms with Gasteiger partial charge in [-0.1, -0.05) is 11.2 Å². The molecule has 0 atom stereocenters. The number of nitro groups is 1. The molecule has 3 N–H and O–H groups in total.